The van der Waals surface area contributed by atoms with E-state index < -0.39 is 0 Å². The van der Waals surface area contributed by atoms with Crippen molar-refractivity contribution in [2.45, 2.75) is 13.8 Å². The smallest absolute Gasteiger partial charge is 0.0947 e. The normalized spacial score (nSPS) is 19.5. The lowest BCUT2D eigenvalue weighted by Crippen LogP contribution is -2.41. The maximum absolute atomic E-state index is 5.54. The summed E-state index contributed by atoms with van der Waals surface area (Å²) in [5.74, 6) is 0. The molecule has 16 heavy (non-hydrogen) atoms. The molecule has 2 rings (SSSR count). The quantitative estimate of drug-likeness (QED) is 0.763. The van der Waals surface area contributed by atoms with Gasteiger partial charge in [0.05, 0.1) is 18.9 Å². The van der Waals surface area contributed by atoms with Crippen molar-refractivity contribution in [1.82, 2.24) is 0 Å². The molecule has 0 saturated carbocycles. The Labute approximate surface area is 96.2 Å². The van der Waals surface area contributed by atoms with Gasteiger partial charge < -0.3 is 0 Å². The molecule has 1 aromatic carbocycles. The lowest BCUT2D eigenvalue weighted by atomic mass is 9.96. The molecule has 0 aliphatic carbocycles. The first kappa shape index (κ1) is 11.2. The van der Waals surface area contributed by atoms with Crippen LogP contribution in [0.4, 0.5) is 5.69 Å². The van der Waals surface area contributed by atoms with Crippen LogP contribution >= 0.6 is 0 Å². The molecule has 0 unspecified atom stereocenters. The van der Waals surface area contributed by atoms with Gasteiger partial charge in [-0.15, -0.1) is 5.23 Å². The Morgan fingerprint density at radius 1 is 1.19 bits per heavy atom. The number of hydrogen-bond donors (Lipinski definition) is 0. The maximum atomic E-state index is 5.54. The zero-order chi connectivity index (χ0) is 11.6. The summed E-state index contributed by atoms with van der Waals surface area (Å²) in [7, 11) is 0. The summed E-state index contributed by atoms with van der Waals surface area (Å²) in [5.41, 5.74) is 2.07. The molecule has 1 aromatic rings. The van der Waals surface area contributed by atoms with E-state index in [0.29, 0.717) is 13.2 Å². The standard InChI is InChI=1S/C13H17NO2/c1-4-11-5-7-12(8-6-11)14-15-9-13(2,3)10-16-14/h4-8H,1,9-10H2,2-3H3. The van der Waals surface area contributed by atoms with Gasteiger partial charge in [-0.2, -0.15) is 0 Å². The highest BCUT2D eigenvalue weighted by Crippen LogP contribution is 2.26. The molecule has 0 bridgehead atoms. The minimum Gasteiger partial charge on any atom is -0.248 e. The second kappa shape index (κ2) is 4.28. The monoisotopic (exact) mass is 219 g/mol. The Balaban J connectivity index is 2.05. The summed E-state index contributed by atoms with van der Waals surface area (Å²) in [6.07, 6.45) is 1.81. The van der Waals surface area contributed by atoms with Gasteiger partial charge in [-0.3, -0.25) is 0 Å². The van der Waals surface area contributed by atoms with E-state index in [4.69, 9.17) is 9.68 Å². The minimum absolute atomic E-state index is 0.0809. The van der Waals surface area contributed by atoms with Crippen LogP contribution < -0.4 is 5.23 Å². The van der Waals surface area contributed by atoms with Crippen molar-refractivity contribution in [2.24, 2.45) is 5.41 Å². The summed E-state index contributed by atoms with van der Waals surface area (Å²) in [5, 5.41) is 1.48. The van der Waals surface area contributed by atoms with E-state index in [-0.39, 0.29) is 5.41 Å². The fraction of sp³-hybridized carbons (Fsp3) is 0.385. The zero-order valence-corrected chi connectivity index (χ0v) is 9.77. The van der Waals surface area contributed by atoms with E-state index in [2.05, 4.69) is 20.4 Å². The molecular formula is C13H17NO2. The number of rotatable bonds is 2. The van der Waals surface area contributed by atoms with Gasteiger partial charge in [0.1, 0.15) is 0 Å². The number of benzene rings is 1. The van der Waals surface area contributed by atoms with Crippen LogP contribution in [0.5, 0.6) is 0 Å². The van der Waals surface area contributed by atoms with E-state index in [1.807, 2.05) is 30.3 Å². The van der Waals surface area contributed by atoms with Crippen molar-refractivity contribution >= 4 is 11.8 Å². The molecule has 1 saturated heterocycles. The van der Waals surface area contributed by atoms with Crippen molar-refractivity contribution in [3.05, 3.63) is 36.4 Å². The zero-order valence-electron chi connectivity index (χ0n) is 9.77. The molecule has 0 atom stereocenters. The third kappa shape index (κ3) is 2.43. The van der Waals surface area contributed by atoms with Gasteiger partial charge in [0.25, 0.3) is 0 Å². The number of nitrogens with zero attached hydrogens (tertiary/aromatic N) is 1. The van der Waals surface area contributed by atoms with Crippen molar-refractivity contribution < 1.29 is 9.68 Å². The fourth-order valence-corrected chi connectivity index (χ4v) is 1.43. The minimum atomic E-state index is 0.0809. The molecule has 1 fully saturated rings. The molecule has 3 nitrogen and oxygen atoms in total. The van der Waals surface area contributed by atoms with Crippen LogP contribution in [-0.2, 0) is 9.68 Å². The second-order valence-corrected chi connectivity index (χ2v) is 4.76. The Bertz CT molecular complexity index is 360. The molecule has 0 spiro atoms. The van der Waals surface area contributed by atoms with Gasteiger partial charge in [0.15, 0.2) is 0 Å². The van der Waals surface area contributed by atoms with Crippen molar-refractivity contribution in [1.29, 1.82) is 0 Å². The topological polar surface area (TPSA) is 21.7 Å². The molecule has 86 valence electrons. The molecule has 1 aliphatic rings. The van der Waals surface area contributed by atoms with Crippen LogP contribution in [0.15, 0.2) is 30.8 Å². The highest BCUT2D eigenvalue weighted by atomic mass is 17.0. The maximum Gasteiger partial charge on any atom is 0.0947 e. The molecule has 1 heterocycles. The first-order chi connectivity index (χ1) is 7.61. The van der Waals surface area contributed by atoms with Gasteiger partial charge in [0, 0.05) is 5.41 Å². The highest BCUT2D eigenvalue weighted by Gasteiger charge is 2.27. The van der Waals surface area contributed by atoms with Gasteiger partial charge >= 0.3 is 0 Å². The first-order valence-corrected chi connectivity index (χ1v) is 5.39. The van der Waals surface area contributed by atoms with Gasteiger partial charge in [0.2, 0.25) is 0 Å². The Morgan fingerprint density at radius 2 is 1.75 bits per heavy atom. The predicted octanol–water partition coefficient (Wildman–Crippen LogP) is 3.04. The van der Waals surface area contributed by atoms with Crippen LogP contribution in [0.3, 0.4) is 0 Å². The molecule has 0 radical (unpaired) electrons. The third-order valence-corrected chi connectivity index (χ3v) is 2.48. The molecule has 0 amide bonds. The fourth-order valence-electron chi connectivity index (χ4n) is 1.43. The number of anilines is 1. The average molecular weight is 219 g/mol. The molecule has 1 aliphatic heterocycles. The second-order valence-electron chi connectivity index (χ2n) is 4.76. The van der Waals surface area contributed by atoms with Crippen molar-refractivity contribution in [3.8, 4) is 0 Å². The SMILES string of the molecule is C=Cc1ccc(N2OCC(C)(C)CO2)cc1. The molecule has 0 aromatic heterocycles. The number of hydrogen-bond acceptors (Lipinski definition) is 3. The van der Waals surface area contributed by atoms with Crippen LogP contribution in [0.1, 0.15) is 19.4 Å². The Hall–Kier alpha value is -1.32. The van der Waals surface area contributed by atoms with Gasteiger partial charge in [-0.05, 0) is 17.7 Å². The van der Waals surface area contributed by atoms with E-state index in [1.54, 1.807) is 0 Å². The first-order valence-electron chi connectivity index (χ1n) is 5.39. The molecule has 3 heteroatoms. The predicted molar refractivity (Wildman–Crippen MR) is 64.7 cm³/mol. The van der Waals surface area contributed by atoms with Crippen LogP contribution in [0, 0.1) is 5.41 Å². The van der Waals surface area contributed by atoms with Crippen molar-refractivity contribution in [2.75, 3.05) is 18.4 Å². The Morgan fingerprint density at radius 3 is 2.25 bits per heavy atom. The highest BCUT2D eigenvalue weighted by molar-refractivity contribution is 5.53. The van der Waals surface area contributed by atoms with Crippen LogP contribution in [0.2, 0.25) is 0 Å². The summed E-state index contributed by atoms with van der Waals surface area (Å²) in [6.45, 7) is 9.27. The van der Waals surface area contributed by atoms with E-state index in [9.17, 15) is 0 Å². The van der Waals surface area contributed by atoms with Gasteiger partial charge in [-0.1, -0.05) is 38.6 Å². The lowest BCUT2D eigenvalue weighted by molar-refractivity contribution is -0.180. The van der Waals surface area contributed by atoms with E-state index >= 15 is 0 Å². The summed E-state index contributed by atoms with van der Waals surface area (Å²) < 4.78 is 0. The third-order valence-electron chi connectivity index (χ3n) is 2.48. The van der Waals surface area contributed by atoms with Gasteiger partial charge in [-0.25, -0.2) is 9.68 Å². The lowest BCUT2D eigenvalue weighted by Gasteiger charge is -2.35. The largest absolute Gasteiger partial charge is 0.248 e. The van der Waals surface area contributed by atoms with Crippen LogP contribution in [0.25, 0.3) is 6.08 Å². The summed E-state index contributed by atoms with van der Waals surface area (Å²) >= 11 is 0. The molecule has 0 N–H and O–H groups in total. The molecular weight excluding hydrogens is 202 g/mol. The Kier molecular flexibility index (Phi) is 2.99. The summed E-state index contributed by atoms with van der Waals surface area (Å²) in [4.78, 5) is 11.1. The van der Waals surface area contributed by atoms with E-state index in [1.165, 1.54) is 5.23 Å². The summed E-state index contributed by atoms with van der Waals surface area (Å²) in [6, 6.07) is 7.87. The van der Waals surface area contributed by atoms with Crippen LogP contribution in [-0.4, -0.2) is 13.2 Å². The van der Waals surface area contributed by atoms with Crippen molar-refractivity contribution in [3.63, 3.8) is 0 Å². The average Bonchev–Trinajstić information content (AvgIpc) is 2.29. The van der Waals surface area contributed by atoms with E-state index in [0.717, 1.165) is 11.3 Å².